The molecule has 4 rings (SSSR count). The van der Waals surface area contributed by atoms with E-state index < -0.39 is 17.9 Å². The van der Waals surface area contributed by atoms with Crippen LogP contribution in [0.25, 0.3) is 11.4 Å². The van der Waals surface area contributed by atoms with Crippen molar-refractivity contribution in [2.45, 2.75) is 19.3 Å². The molecular formula is C23H18Cl3N4NaO4. The summed E-state index contributed by atoms with van der Waals surface area (Å²) in [5.74, 6) is -2.88. The van der Waals surface area contributed by atoms with E-state index in [-0.39, 0.29) is 36.0 Å². The topological polar surface area (TPSA) is 113 Å². The monoisotopic (exact) mass is 542 g/mol. The molecule has 0 radical (unpaired) electrons. The van der Waals surface area contributed by atoms with E-state index in [1.54, 1.807) is 52.2 Å². The third-order valence-corrected chi connectivity index (χ3v) is 5.59. The number of rotatable bonds is 6. The second-order valence-electron chi connectivity index (χ2n) is 7.12. The van der Waals surface area contributed by atoms with Crippen molar-refractivity contribution >= 4 is 46.7 Å². The number of carbonyl (C=O) groups is 2. The molecule has 0 aliphatic rings. The maximum absolute atomic E-state index is 10.8. The standard InChI is InChI=1S/C12H10Cl2N2O2.C11H9ClN2O2.Na/c1-7(12(17)18)8-5-10(14)11(6-9(8)13)16-4-2-3-15-16;12-9-6-13-14(7-9)10-4-2-1-3-8(10)5-11(15)16;/h2-7H,1H3,(H,17,18);1-4,6-7H,5H2,(H,15,16);/q;;+1/p-1. The third kappa shape index (κ3) is 7.57. The van der Waals surface area contributed by atoms with Gasteiger partial charge in [-0.15, -0.1) is 0 Å². The zero-order chi connectivity index (χ0) is 24.8. The zero-order valence-electron chi connectivity index (χ0n) is 18.7. The smallest absolute Gasteiger partial charge is 0.550 e. The first kappa shape index (κ1) is 28.9. The van der Waals surface area contributed by atoms with Crippen molar-refractivity contribution in [2.24, 2.45) is 0 Å². The molecule has 0 bridgehead atoms. The fourth-order valence-corrected chi connectivity index (χ4v) is 3.79. The molecule has 0 aliphatic carbocycles. The molecule has 0 saturated carbocycles. The van der Waals surface area contributed by atoms with Gasteiger partial charge >= 0.3 is 35.5 Å². The minimum absolute atomic E-state index is 0. The molecule has 2 heterocycles. The summed E-state index contributed by atoms with van der Waals surface area (Å²) in [5, 5.41) is 28.9. The van der Waals surface area contributed by atoms with Gasteiger partial charge in [0.1, 0.15) is 0 Å². The van der Waals surface area contributed by atoms with Crippen LogP contribution < -0.4 is 34.7 Å². The summed E-state index contributed by atoms with van der Waals surface area (Å²) >= 11 is 17.9. The summed E-state index contributed by atoms with van der Waals surface area (Å²) < 4.78 is 3.13. The third-order valence-electron chi connectivity index (χ3n) is 4.77. The summed E-state index contributed by atoms with van der Waals surface area (Å²) in [6, 6.07) is 12.1. The van der Waals surface area contributed by atoms with E-state index >= 15 is 0 Å². The van der Waals surface area contributed by atoms with Gasteiger partial charge in [-0.1, -0.05) is 59.9 Å². The Balaban J connectivity index is 0.000000241. The molecule has 1 atom stereocenters. The Labute approximate surface area is 238 Å². The minimum atomic E-state index is -1.19. The van der Waals surface area contributed by atoms with Crippen LogP contribution in [0.2, 0.25) is 15.1 Å². The van der Waals surface area contributed by atoms with Crippen molar-refractivity contribution in [3.63, 3.8) is 0 Å². The average Bonchev–Trinajstić information content (AvgIpc) is 3.47. The summed E-state index contributed by atoms with van der Waals surface area (Å²) in [6.07, 6.45) is 6.45. The first-order chi connectivity index (χ1) is 16.2. The van der Waals surface area contributed by atoms with Crippen LogP contribution in [0.4, 0.5) is 0 Å². The van der Waals surface area contributed by atoms with Crippen molar-refractivity contribution in [1.29, 1.82) is 0 Å². The Hall–Kier alpha value is -2.33. The maximum atomic E-state index is 10.8. The van der Waals surface area contributed by atoms with Gasteiger partial charge in [-0.05, 0) is 35.4 Å². The van der Waals surface area contributed by atoms with E-state index in [0.29, 0.717) is 31.9 Å². The van der Waals surface area contributed by atoms with Gasteiger partial charge in [-0.25, -0.2) is 9.36 Å². The average molecular weight is 544 g/mol. The molecule has 2 aromatic carbocycles. The number of halogens is 3. The normalized spacial score (nSPS) is 11.1. The molecule has 4 aromatic rings. The zero-order valence-corrected chi connectivity index (χ0v) is 23.0. The van der Waals surface area contributed by atoms with Crippen LogP contribution in [-0.4, -0.2) is 36.6 Å². The fourth-order valence-electron chi connectivity index (χ4n) is 3.08. The van der Waals surface area contributed by atoms with Crippen molar-refractivity contribution in [2.75, 3.05) is 0 Å². The van der Waals surface area contributed by atoms with Crippen molar-refractivity contribution < 1.29 is 49.4 Å². The molecule has 35 heavy (non-hydrogen) atoms. The van der Waals surface area contributed by atoms with E-state index in [2.05, 4.69) is 10.2 Å². The number of carboxylic acid groups (broad SMARTS) is 2. The number of benzene rings is 2. The van der Waals surface area contributed by atoms with Crippen LogP contribution in [0.5, 0.6) is 0 Å². The van der Waals surface area contributed by atoms with Gasteiger partial charge in [0.05, 0.1) is 34.0 Å². The van der Waals surface area contributed by atoms with E-state index in [9.17, 15) is 14.7 Å². The fraction of sp³-hybridized carbons (Fsp3) is 0.130. The molecule has 1 unspecified atom stereocenters. The summed E-state index contributed by atoms with van der Waals surface area (Å²) in [5.41, 5.74) is 2.46. The molecule has 0 fully saturated rings. The number of aromatic nitrogens is 4. The van der Waals surface area contributed by atoms with Crippen LogP contribution in [0.15, 0.2) is 67.3 Å². The SMILES string of the molecule is CC(C(=O)[O-])c1cc(Cl)c(-n2cccn2)cc1Cl.O=C(O)Cc1ccccc1-n1cc(Cl)cn1.[Na+]. The number of carbonyl (C=O) groups excluding carboxylic acids is 1. The van der Waals surface area contributed by atoms with Gasteiger partial charge in [-0.2, -0.15) is 10.2 Å². The molecule has 8 nitrogen and oxygen atoms in total. The molecular weight excluding hydrogens is 526 g/mol. The van der Waals surface area contributed by atoms with Gasteiger partial charge in [0, 0.05) is 35.5 Å². The molecule has 0 amide bonds. The second-order valence-corrected chi connectivity index (χ2v) is 8.37. The van der Waals surface area contributed by atoms with Crippen molar-refractivity contribution in [3.8, 4) is 11.4 Å². The number of hydrogen-bond donors (Lipinski definition) is 1. The molecule has 1 N–H and O–H groups in total. The van der Waals surface area contributed by atoms with Crippen LogP contribution in [0.3, 0.4) is 0 Å². The van der Waals surface area contributed by atoms with Gasteiger partial charge < -0.3 is 15.0 Å². The molecule has 0 saturated heterocycles. The minimum Gasteiger partial charge on any atom is -0.550 e. The predicted molar refractivity (Wildman–Crippen MR) is 127 cm³/mol. The first-order valence-electron chi connectivity index (χ1n) is 9.87. The second kappa shape index (κ2) is 13.1. The van der Waals surface area contributed by atoms with Gasteiger partial charge in [0.15, 0.2) is 0 Å². The molecule has 0 spiro atoms. The largest absolute Gasteiger partial charge is 1.00 e. The van der Waals surface area contributed by atoms with E-state index in [4.69, 9.17) is 39.9 Å². The molecule has 0 aliphatic heterocycles. The molecule has 176 valence electrons. The van der Waals surface area contributed by atoms with Crippen LogP contribution in [0.1, 0.15) is 24.0 Å². The van der Waals surface area contributed by atoms with Crippen molar-refractivity contribution in [1.82, 2.24) is 19.6 Å². The maximum Gasteiger partial charge on any atom is 1.00 e. The number of carboxylic acids is 2. The van der Waals surface area contributed by atoms with E-state index in [1.165, 1.54) is 19.2 Å². The number of para-hydroxylation sites is 1. The summed E-state index contributed by atoms with van der Waals surface area (Å²) in [4.78, 5) is 21.5. The van der Waals surface area contributed by atoms with Gasteiger partial charge in [0.25, 0.3) is 0 Å². The van der Waals surface area contributed by atoms with E-state index in [1.807, 2.05) is 12.1 Å². The Kier molecular flexibility index (Phi) is 10.8. The van der Waals surface area contributed by atoms with E-state index in [0.717, 1.165) is 5.69 Å². The number of hydrogen-bond acceptors (Lipinski definition) is 5. The quantitative estimate of drug-likeness (QED) is 0.366. The summed E-state index contributed by atoms with van der Waals surface area (Å²) in [6.45, 7) is 1.50. The first-order valence-corrected chi connectivity index (χ1v) is 11.0. The molecule has 2 aromatic heterocycles. The Morgan fingerprint density at radius 2 is 1.74 bits per heavy atom. The number of nitrogens with zero attached hydrogens (tertiary/aromatic N) is 4. The van der Waals surface area contributed by atoms with Crippen LogP contribution in [-0.2, 0) is 16.0 Å². The number of aliphatic carboxylic acids is 2. The Bertz CT molecular complexity index is 1310. The van der Waals surface area contributed by atoms with Crippen LogP contribution >= 0.6 is 34.8 Å². The van der Waals surface area contributed by atoms with Gasteiger partial charge in [0.2, 0.25) is 0 Å². The molecule has 12 heteroatoms. The van der Waals surface area contributed by atoms with Crippen LogP contribution in [0, 0.1) is 0 Å². The van der Waals surface area contributed by atoms with Gasteiger partial charge in [-0.3, -0.25) is 4.79 Å². The summed E-state index contributed by atoms with van der Waals surface area (Å²) in [7, 11) is 0. The Morgan fingerprint density at radius 1 is 1.03 bits per heavy atom. The predicted octanol–water partition coefficient (Wildman–Crippen LogP) is 1.19. The Morgan fingerprint density at radius 3 is 2.31 bits per heavy atom. The van der Waals surface area contributed by atoms with Crippen molar-refractivity contribution in [3.05, 3.63) is 93.4 Å².